The van der Waals surface area contributed by atoms with Crippen molar-refractivity contribution in [2.75, 3.05) is 60.5 Å². The number of hydrogen-bond donors (Lipinski definition) is 4. The highest BCUT2D eigenvalue weighted by atomic mass is 19.4. The van der Waals surface area contributed by atoms with Crippen LogP contribution >= 0.6 is 0 Å². The molecular weight excluding hydrogens is 606 g/mol. The number of rotatable bonds is 12. The molecule has 0 bridgehead atoms. The fourth-order valence-corrected chi connectivity index (χ4v) is 4.48. The molecule has 256 valence electrons. The number of anilines is 4. The van der Waals surface area contributed by atoms with Crippen LogP contribution in [0.1, 0.15) is 53.4 Å². The highest BCUT2D eigenvalue weighted by molar-refractivity contribution is 5.82. The zero-order valence-electron chi connectivity index (χ0n) is 26.4. The Hall–Kier alpha value is -3.85. The van der Waals surface area contributed by atoms with Gasteiger partial charge in [-0.25, -0.2) is 9.13 Å². The minimum Gasteiger partial charge on any atom is -0.399 e. The molecule has 2 heterocycles. The second-order valence-electron chi connectivity index (χ2n) is 9.87. The number of hydrogen-bond acceptors (Lipinski definition) is 6. The molecule has 3 rings (SSSR count). The van der Waals surface area contributed by atoms with Crippen LogP contribution in [0.5, 0.6) is 0 Å². The minimum absolute atomic E-state index is 0.108. The van der Waals surface area contributed by atoms with Crippen molar-refractivity contribution in [2.45, 2.75) is 78.8 Å². The summed E-state index contributed by atoms with van der Waals surface area (Å²) in [6, 6.07) is 6.21. The summed E-state index contributed by atoms with van der Waals surface area (Å²) in [5.41, 5.74) is 15.2. The van der Waals surface area contributed by atoms with Crippen LogP contribution in [0.2, 0.25) is 0 Å². The molecule has 1 aromatic heterocycles. The molecule has 6 N–H and O–H groups in total. The Morgan fingerprint density at radius 1 is 0.822 bits per heavy atom. The molecule has 45 heavy (non-hydrogen) atoms. The van der Waals surface area contributed by atoms with Gasteiger partial charge in [0.25, 0.3) is 0 Å². The molecule has 0 saturated heterocycles. The van der Waals surface area contributed by atoms with E-state index in [9.17, 15) is 35.9 Å². The maximum atomic E-state index is 12.0. The summed E-state index contributed by atoms with van der Waals surface area (Å²) in [6.07, 6.45) is -4.81. The molecule has 10 nitrogen and oxygen atoms in total. The van der Waals surface area contributed by atoms with Crippen LogP contribution in [0.25, 0.3) is 0 Å². The molecule has 1 aliphatic heterocycles. The van der Waals surface area contributed by atoms with Gasteiger partial charge in [0, 0.05) is 45.0 Å². The molecular formula is C29H47F6N8O2+. The van der Waals surface area contributed by atoms with Crippen LogP contribution in [0, 0.1) is 0 Å². The number of nitrogen functional groups attached to an aromatic ring is 2. The zero-order chi connectivity index (χ0) is 34.2. The largest absolute Gasteiger partial charge is 0.471 e. The van der Waals surface area contributed by atoms with Gasteiger partial charge in [0.15, 0.2) is 0 Å². The van der Waals surface area contributed by atoms with E-state index in [0.717, 1.165) is 31.9 Å². The lowest BCUT2D eigenvalue weighted by Crippen LogP contribution is -2.40. The van der Waals surface area contributed by atoms with Gasteiger partial charge in [-0.3, -0.25) is 15.3 Å². The zero-order valence-corrected chi connectivity index (χ0v) is 26.4. The van der Waals surface area contributed by atoms with Crippen molar-refractivity contribution in [2.24, 2.45) is 0 Å². The number of aromatic nitrogens is 2. The van der Waals surface area contributed by atoms with Gasteiger partial charge < -0.3 is 26.2 Å². The van der Waals surface area contributed by atoms with E-state index in [0.29, 0.717) is 44.7 Å². The smallest absolute Gasteiger partial charge is 0.399 e. The number of nitrogens with zero attached hydrogens (tertiary/aromatic N) is 4. The SMILES string of the molecule is CC.CCN1CCN(CC)c2cc(N)ccc21.Nc1n(CCCCNC(=O)C(F)(F)F)cc[n+]1CCCCNC(=O)C(F)(F)F. The molecule has 0 unspecified atom stereocenters. The van der Waals surface area contributed by atoms with Gasteiger partial charge in [0.2, 0.25) is 0 Å². The van der Waals surface area contributed by atoms with Crippen LogP contribution in [-0.2, 0) is 22.7 Å². The van der Waals surface area contributed by atoms with Crippen LogP contribution in [0.3, 0.4) is 0 Å². The molecule has 0 radical (unpaired) electrons. The normalized spacial score (nSPS) is 12.8. The summed E-state index contributed by atoms with van der Waals surface area (Å²) in [5, 5.41) is 3.55. The Labute approximate surface area is 260 Å². The third-order valence-corrected chi connectivity index (χ3v) is 6.84. The molecule has 0 atom stereocenters. The maximum absolute atomic E-state index is 12.0. The van der Waals surface area contributed by atoms with E-state index in [-0.39, 0.29) is 13.1 Å². The average molecular weight is 654 g/mol. The van der Waals surface area contributed by atoms with E-state index in [1.54, 1.807) is 32.2 Å². The Kier molecular flexibility index (Phi) is 16.4. The highest BCUT2D eigenvalue weighted by Gasteiger charge is 2.38. The summed E-state index contributed by atoms with van der Waals surface area (Å²) in [6.45, 7) is 13.4. The summed E-state index contributed by atoms with van der Waals surface area (Å²) >= 11 is 0. The highest BCUT2D eigenvalue weighted by Crippen LogP contribution is 2.34. The van der Waals surface area contributed by atoms with Gasteiger partial charge >= 0.3 is 30.1 Å². The summed E-state index contributed by atoms with van der Waals surface area (Å²) in [4.78, 5) is 26.1. The number of halogens is 6. The maximum Gasteiger partial charge on any atom is 0.471 e. The predicted octanol–water partition coefficient (Wildman–Crippen LogP) is 4.24. The van der Waals surface area contributed by atoms with Crippen LogP contribution in [0.4, 0.5) is 49.4 Å². The van der Waals surface area contributed by atoms with Crippen LogP contribution in [-0.4, -0.2) is 68.0 Å². The van der Waals surface area contributed by atoms with Gasteiger partial charge in [-0.05, 0) is 57.7 Å². The number of nitrogens with two attached hydrogens (primary N) is 2. The number of alkyl halides is 6. The van der Waals surface area contributed by atoms with Gasteiger partial charge in [-0.15, -0.1) is 0 Å². The number of benzene rings is 1. The molecule has 0 spiro atoms. The Balaban J connectivity index is 0.000000496. The second-order valence-corrected chi connectivity index (χ2v) is 9.87. The van der Waals surface area contributed by atoms with Gasteiger partial charge in [0.05, 0.1) is 36.9 Å². The first-order chi connectivity index (χ1) is 21.2. The first kappa shape index (κ1) is 39.2. The van der Waals surface area contributed by atoms with Crippen molar-refractivity contribution in [3.05, 3.63) is 30.6 Å². The lowest BCUT2D eigenvalue weighted by atomic mass is 10.1. The summed E-state index contributed by atoms with van der Waals surface area (Å²) in [7, 11) is 0. The molecule has 1 aromatic carbocycles. The van der Waals surface area contributed by atoms with Gasteiger partial charge in [0.1, 0.15) is 0 Å². The van der Waals surface area contributed by atoms with Crippen molar-refractivity contribution >= 4 is 34.8 Å². The monoisotopic (exact) mass is 653 g/mol. The van der Waals surface area contributed by atoms with E-state index in [2.05, 4.69) is 35.8 Å². The fourth-order valence-electron chi connectivity index (χ4n) is 4.48. The minimum atomic E-state index is -4.90. The first-order valence-corrected chi connectivity index (χ1v) is 15.1. The number of amides is 2. The van der Waals surface area contributed by atoms with Gasteiger partial charge in [-0.1, -0.05) is 13.8 Å². The van der Waals surface area contributed by atoms with Crippen molar-refractivity contribution in [1.82, 2.24) is 15.2 Å². The number of nitrogens with one attached hydrogen (secondary N) is 2. The third kappa shape index (κ3) is 13.0. The second kappa shape index (κ2) is 18.8. The number of carbonyl (C=O) groups is 2. The molecule has 0 fully saturated rings. The third-order valence-electron chi connectivity index (χ3n) is 6.84. The van der Waals surface area contributed by atoms with Crippen molar-refractivity contribution in [1.29, 1.82) is 0 Å². The van der Waals surface area contributed by atoms with E-state index in [4.69, 9.17) is 11.5 Å². The quantitative estimate of drug-likeness (QED) is 0.118. The fraction of sp³-hybridized carbons (Fsp3) is 0.621. The molecule has 2 amide bonds. The number of carbonyl (C=O) groups excluding carboxylic acids is 2. The van der Waals surface area contributed by atoms with Crippen molar-refractivity contribution < 1.29 is 40.5 Å². The van der Waals surface area contributed by atoms with Crippen LogP contribution in [0.15, 0.2) is 30.6 Å². The molecule has 1 aliphatic rings. The van der Waals surface area contributed by atoms with E-state index in [1.807, 2.05) is 19.9 Å². The van der Waals surface area contributed by atoms with E-state index in [1.165, 1.54) is 11.4 Å². The molecule has 2 aromatic rings. The number of imidazole rings is 1. The van der Waals surface area contributed by atoms with Crippen molar-refractivity contribution in [3.8, 4) is 0 Å². The lowest BCUT2D eigenvalue weighted by Gasteiger charge is -2.38. The summed E-state index contributed by atoms with van der Waals surface area (Å²) < 4.78 is 75.4. The van der Waals surface area contributed by atoms with Crippen molar-refractivity contribution in [3.63, 3.8) is 0 Å². The standard InChI is InChI=1S/C15H21F6N5O2.C12H19N3.C2H6/c16-14(17,18)11(27)23-5-1-3-7-25-9-10-26(13(25)22)8-4-2-6-24-12(28)15(19,20)21;1-3-14-7-8-15(4-2)12-9-10(13)5-6-11(12)14;1-2/h9-10,22H,1-8H2,(H2,23,24,27,28);5-6,9H,3-4,7-8,13H2,1-2H3;1-2H3/p+1. The number of aryl methyl sites for hydroxylation is 2. The molecule has 0 saturated carbocycles. The number of unbranched alkanes of at least 4 members (excludes halogenated alkanes) is 2. The lowest BCUT2D eigenvalue weighted by molar-refractivity contribution is -0.682. The Bertz CT molecular complexity index is 1130. The number of likely N-dealkylation sites (N-methyl/N-ethyl adjacent to an activating group) is 2. The Morgan fingerprint density at radius 2 is 1.33 bits per heavy atom. The predicted molar refractivity (Wildman–Crippen MR) is 164 cm³/mol. The van der Waals surface area contributed by atoms with Crippen LogP contribution < -0.4 is 36.5 Å². The van der Waals surface area contributed by atoms with E-state index < -0.39 is 24.2 Å². The van der Waals surface area contributed by atoms with Gasteiger partial charge in [-0.2, -0.15) is 26.3 Å². The average Bonchev–Trinajstić information content (AvgIpc) is 3.34. The Morgan fingerprint density at radius 3 is 1.84 bits per heavy atom. The number of fused-ring (bicyclic) bond motifs is 1. The molecule has 16 heteroatoms. The molecule has 0 aliphatic carbocycles. The topological polar surface area (TPSA) is 126 Å². The summed E-state index contributed by atoms with van der Waals surface area (Å²) in [5.74, 6) is -3.56. The van der Waals surface area contributed by atoms with E-state index >= 15 is 0 Å². The first-order valence-electron chi connectivity index (χ1n) is 15.1.